The molecule has 0 amide bonds. The van der Waals surface area contributed by atoms with Gasteiger partial charge in [0.1, 0.15) is 5.75 Å². The third-order valence-electron chi connectivity index (χ3n) is 3.34. The second-order valence-corrected chi connectivity index (χ2v) is 5.36. The summed E-state index contributed by atoms with van der Waals surface area (Å²) < 4.78 is 6.53. The van der Waals surface area contributed by atoms with Gasteiger partial charge in [0.2, 0.25) is 0 Å². The summed E-state index contributed by atoms with van der Waals surface area (Å²) in [6.07, 6.45) is 1.00. The van der Waals surface area contributed by atoms with Gasteiger partial charge in [-0.05, 0) is 36.2 Å². The van der Waals surface area contributed by atoms with Crippen LogP contribution in [0, 0.1) is 0 Å². The molecule has 1 aliphatic rings. The minimum Gasteiger partial charge on any atom is -0.496 e. The number of nitrogens with one attached hydrogen (secondary N) is 1. The van der Waals surface area contributed by atoms with E-state index >= 15 is 0 Å². The van der Waals surface area contributed by atoms with Gasteiger partial charge in [0.05, 0.1) is 13.2 Å². The molecule has 18 heavy (non-hydrogen) atoms. The molecule has 0 aromatic heterocycles. The monoisotopic (exact) mass is 303 g/mol. The van der Waals surface area contributed by atoms with Crippen molar-refractivity contribution in [1.82, 2.24) is 0 Å². The van der Waals surface area contributed by atoms with E-state index in [1.165, 1.54) is 16.8 Å². The van der Waals surface area contributed by atoms with E-state index in [-0.39, 0.29) is 6.04 Å². The molecule has 2 aromatic rings. The normalized spacial score (nSPS) is 17.1. The van der Waals surface area contributed by atoms with Crippen LogP contribution in [0.2, 0.25) is 0 Å². The van der Waals surface area contributed by atoms with E-state index in [0.29, 0.717) is 0 Å². The Morgan fingerprint density at radius 1 is 1.22 bits per heavy atom. The molecule has 2 nitrogen and oxygen atoms in total. The van der Waals surface area contributed by atoms with Crippen molar-refractivity contribution >= 4 is 21.6 Å². The Kier molecular flexibility index (Phi) is 3.00. The SMILES string of the molecule is COc1ccc(Br)cc1C1Cc2ccccc2N1. The van der Waals surface area contributed by atoms with E-state index < -0.39 is 0 Å². The molecule has 0 bridgehead atoms. The van der Waals surface area contributed by atoms with Gasteiger partial charge in [-0.1, -0.05) is 34.1 Å². The third-order valence-corrected chi connectivity index (χ3v) is 3.83. The van der Waals surface area contributed by atoms with Gasteiger partial charge in [-0.25, -0.2) is 0 Å². The predicted octanol–water partition coefficient (Wildman–Crippen LogP) is 4.17. The van der Waals surface area contributed by atoms with Crippen molar-refractivity contribution in [3.8, 4) is 5.75 Å². The number of anilines is 1. The van der Waals surface area contributed by atoms with Crippen LogP contribution >= 0.6 is 15.9 Å². The first-order chi connectivity index (χ1) is 8.78. The Morgan fingerprint density at radius 3 is 2.83 bits per heavy atom. The number of halogens is 1. The van der Waals surface area contributed by atoms with E-state index in [2.05, 4.69) is 51.6 Å². The lowest BCUT2D eigenvalue weighted by Crippen LogP contribution is -2.07. The topological polar surface area (TPSA) is 21.3 Å². The van der Waals surface area contributed by atoms with E-state index in [1.54, 1.807) is 7.11 Å². The molecule has 1 heterocycles. The zero-order valence-electron chi connectivity index (χ0n) is 10.1. The molecule has 0 saturated carbocycles. The molecular formula is C15H14BrNO. The molecular weight excluding hydrogens is 290 g/mol. The molecule has 3 heteroatoms. The Balaban J connectivity index is 1.97. The maximum atomic E-state index is 5.45. The minimum absolute atomic E-state index is 0.287. The van der Waals surface area contributed by atoms with Crippen LogP contribution in [0.3, 0.4) is 0 Å². The van der Waals surface area contributed by atoms with Crippen molar-refractivity contribution < 1.29 is 4.74 Å². The second kappa shape index (κ2) is 4.65. The van der Waals surface area contributed by atoms with Crippen LogP contribution in [0.5, 0.6) is 5.75 Å². The van der Waals surface area contributed by atoms with Gasteiger partial charge in [0.15, 0.2) is 0 Å². The first-order valence-electron chi connectivity index (χ1n) is 5.96. The predicted molar refractivity (Wildman–Crippen MR) is 77.2 cm³/mol. The number of hydrogen-bond acceptors (Lipinski definition) is 2. The number of hydrogen-bond donors (Lipinski definition) is 1. The van der Waals surface area contributed by atoms with Gasteiger partial charge in [-0.15, -0.1) is 0 Å². The highest BCUT2D eigenvalue weighted by atomic mass is 79.9. The largest absolute Gasteiger partial charge is 0.496 e. The smallest absolute Gasteiger partial charge is 0.124 e. The Labute approximate surface area is 115 Å². The highest BCUT2D eigenvalue weighted by Gasteiger charge is 2.24. The molecule has 1 aliphatic heterocycles. The summed E-state index contributed by atoms with van der Waals surface area (Å²) in [4.78, 5) is 0. The van der Waals surface area contributed by atoms with Gasteiger partial charge in [-0.3, -0.25) is 0 Å². The Morgan fingerprint density at radius 2 is 2.06 bits per heavy atom. The molecule has 1 atom stereocenters. The van der Waals surface area contributed by atoms with Gasteiger partial charge in [0, 0.05) is 15.7 Å². The lowest BCUT2D eigenvalue weighted by molar-refractivity contribution is 0.407. The molecule has 0 spiro atoms. The van der Waals surface area contributed by atoms with Crippen molar-refractivity contribution in [2.75, 3.05) is 12.4 Å². The fraction of sp³-hybridized carbons (Fsp3) is 0.200. The van der Waals surface area contributed by atoms with E-state index in [4.69, 9.17) is 4.74 Å². The number of rotatable bonds is 2. The number of fused-ring (bicyclic) bond motifs is 1. The average Bonchev–Trinajstić information content (AvgIpc) is 2.82. The van der Waals surface area contributed by atoms with Crippen molar-refractivity contribution in [2.24, 2.45) is 0 Å². The standard InChI is InChI=1S/C15H14BrNO/c1-18-15-7-6-11(16)9-12(15)14-8-10-4-2-3-5-13(10)17-14/h2-7,9,14,17H,8H2,1H3. The Hall–Kier alpha value is -1.48. The van der Waals surface area contributed by atoms with Crippen LogP contribution in [0.25, 0.3) is 0 Å². The maximum absolute atomic E-state index is 5.45. The molecule has 0 radical (unpaired) electrons. The third kappa shape index (κ3) is 1.99. The minimum atomic E-state index is 0.287. The van der Waals surface area contributed by atoms with Crippen LogP contribution in [-0.2, 0) is 6.42 Å². The first-order valence-corrected chi connectivity index (χ1v) is 6.75. The molecule has 3 rings (SSSR count). The molecule has 0 aliphatic carbocycles. The van der Waals surface area contributed by atoms with Crippen LogP contribution in [-0.4, -0.2) is 7.11 Å². The van der Waals surface area contributed by atoms with E-state index in [1.807, 2.05) is 12.1 Å². The van der Waals surface area contributed by atoms with Crippen molar-refractivity contribution in [2.45, 2.75) is 12.5 Å². The fourth-order valence-electron chi connectivity index (χ4n) is 2.46. The van der Waals surface area contributed by atoms with Gasteiger partial charge in [-0.2, -0.15) is 0 Å². The molecule has 0 saturated heterocycles. The van der Waals surface area contributed by atoms with Crippen LogP contribution in [0.1, 0.15) is 17.2 Å². The molecule has 2 aromatic carbocycles. The van der Waals surface area contributed by atoms with Gasteiger partial charge < -0.3 is 10.1 Å². The summed E-state index contributed by atoms with van der Waals surface area (Å²) >= 11 is 3.52. The van der Waals surface area contributed by atoms with Crippen molar-refractivity contribution in [1.29, 1.82) is 0 Å². The summed E-state index contributed by atoms with van der Waals surface area (Å²) in [5, 5.41) is 3.55. The first kappa shape index (κ1) is 11.6. The Bertz CT molecular complexity index is 557. The van der Waals surface area contributed by atoms with Crippen LogP contribution < -0.4 is 10.1 Å². The quantitative estimate of drug-likeness (QED) is 0.899. The molecule has 1 N–H and O–H groups in total. The van der Waals surface area contributed by atoms with Gasteiger partial charge in [0.25, 0.3) is 0 Å². The lowest BCUT2D eigenvalue weighted by Gasteiger charge is -2.16. The summed E-state index contributed by atoms with van der Waals surface area (Å²) in [6.45, 7) is 0. The second-order valence-electron chi connectivity index (χ2n) is 4.44. The molecule has 0 fully saturated rings. The average molecular weight is 304 g/mol. The van der Waals surface area contributed by atoms with E-state index in [9.17, 15) is 0 Å². The van der Waals surface area contributed by atoms with Crippen LogP contribution in [0.15, 0.2) is 46.9 Å². The molecule has 92 valence electrons. The molecule has 1 unspecified atom stereocenters. The zero-order chi connectivity index (χ0) is 12.5. The fourth-order valence-corrected chi connectivity index (χ4v) is 2.84. The highest BCUT2D eigenvalue weighted by Crippen LogP contribution is 2.38. The van der Waals surface area contributed by atoms with Crippen LogP contribution in [0.4, 0.5) is 5.69 Å². The summed E-state index contributed by atoms with van der Waals surface area (Å²) in [5.74, 6) is 0.934. The summed E-state index contributed by atoms with van der Waals surface area (Å²) in [7, 11) is 1.72. The number of methoxy groups -OCH3 is 1. The van der Waals surface area contributed by atoms with Crippen molar-refractivity contribution in [3.63, 3.8) is 0 Å². The lowest BCUT2D eigenvalue weighted by atomic mass is 10.0. The highest BCUT2D eigenvalue weighted by molar-refractivity contribution is 9.10. The summed E-state index contributed by atoms with van der Waals surface area (Å²) in [5.41, 5.74) is 3.79. The number of ether oxygens (including phenoxy) is 1. The van der Waals surface area contributed by atoms with Crippen molar-refractivity contribution in [3.05, 3.63) is 58.1 Å². The summed E-state index contributed by atoms with van der Waals surface area (Å²) in [6, 6.07) is 14.9. The number of para-hydroxylation sites is 1. The number of benzene rings is 2. The van der Waals surface area contributed by atoms with Gasteiger partial charge >= 0.3 is 0 Å². The van der Waals surface area contributed by atoms with E-state index in [0.717, 1.165) is 16.6 Å². The maximum Gasteiger partial charge on any atom is 0.124 e. The zero-order valence-corrected chi connectivity index (χ0v) is 11.7.